The van der Waals surface area contributed by atoms with E-state index in [9.17, 15) is 9.90 Å². The minimum Gasteiger partial charge on any atom is -0.469 e. The Bertz CT molecular complexity index is 218. The molecule has 1 aliphatic heterocycles. The van der Waals surface area contributed by atoms with Crippen LogP contribution in [0.15, 0.2) is 0 Å². The highest BCUT2D eigenvalue weighted by Crippen LogP contribution is 2.45. The first kappa shape index (κ1) is 8.97. The van der Waals surface area contributed by atoms with Gasteiger partial charge in [-0.25, -0.2) is 0 Å². The van der Waals surface area contributed by atoms with Crippen molar-refractivity contribution in [2.24, 2.45) is 11.8 Å². The Morgan fingerprint density at radius 2 is 2.23 bits per heavy atom. The minimum atomic E-state index is -0.950. The molecule has 1 unspecified atom stereocenters. The van der Waals surface area contributed by atoms with Crippen molar-refractivity contribution in [2.45, 2.75) is 18.4 Å². The lowest BCUT2D eigenvalue weighted by Gasteiger charge is -2.41. The highest BCUT2D eigenvalue weighted by atomic mass is 16.5. The van der Waals surface area contributed by atoms with Crippen molar-refractivity contribution in [1.82, 2.24) is 0 Å². The third-order valence-electron chi connectivity index (χ3n) is 2.83. The van der Waals surface area contributed by atoms with Crippen LogP contribution in [0.1, 0.15) is 12.8 Å². The molecule has 4 heteroatoms. The van der Waals surface area contributed by atoms with Crippen molar-refractivity contribution in [3.63, 3.8) is 0 Å². The molecule has 1 heterocycles. The van der Waals surface area contributed by atoms with E-state index in [0.29, 0.717) is 5.92 Å². The fourth-order valence-corrected chi connectivity index (χ4v) is 1.90. The largest absolute Gasteiger partial charge is 0.469 e. The van der Waals surface area contributed by atoms with E-state index >= 15 is 0 Å². The van der Waals surface area contributed by atoms with Crippen LogP contribution >= 0.6 is 0 Å². The summed E-state index contributed by atoms with van der Waals surface area (Å²) < 4.78 is 9.61. The molecule has 0 aromatic rings. The summed E-state index contributed by atoms with van der Waals surface area (Å²) in [5.41, 5.74) is -0.950. The molecule has 13 heavy (non-hydrogen) atoms. The van der Waals surface area contributed by atoms with Crippen LogP contribution in [-0.2, 0) is 14.3 Å². The third-order valence-corrected chi connectivity index (χ3v) is 2.83. The molecule has 1 saturated heterocycles. The first-order chi connectivity index (χ1) is 6.17. The summed E-state index contributed by atoms with van der Waals surface area (Å²) in [7, 11) is 1.36. The van der Waals surface area contributed by atoms with E-state index in [1.165, 1.54) is 7.11 Å². The van der Waals surface area contributed by atoms with Gasteiger partial charge >= 0.3 is 5.97 Å². The maximum Gasteiger partial charge on any atom is 0.312 e. The molecule has 0 aromatic carbocycles. The van der Waals surface area contributed by atoms with Crippen molar-refractivity contribution >= 4 is 5.97 Å². The van der Waals surface area contributed by atoms with Crippen LogP contribution in [0.2, 0.25) is 0 Å². The molecular weight excluding hydrogens is 172 g/mol. The van der Waals surface area contributed by atoms with Gasteiger partial charge in [0.1, 0.15) is 5.60 Å². The zero-order valence-corrected chi connectivity index (χ0v) is 7.66. The average Bonchev–Trinajstić information content (AvgIpc) is 2.85. The fourth-order valence-electron chi connectivity index (χ4n) is 1.90. The molecule has 0 bridgehead atoms. The van der Waals surface area contributed by atoms with Crippen molar-refractivity contribution in [3.8, 4) is 0 Å². The van der Waals surface area contributed by atoms with Gasteiger partial charge in [-0.2, -0.15) is 0 Å². The standard InChI is InChI=1S/C9H14O4/c1-12-8(10)7(6-2-3-6)9(11)4-13-5-9/h6-7,11H,2-5H2,1H3. The smallest absolute Gasteiger partial charge is 0.312 e. The maximum atomic E-state index is 11.4. The average molecular weight is 186 g/mol. The van der Waals surface area contributed by atoms with Gasteiger partial charge in [0.2, 0.25) is 0 Å². The normalized spacial score (nSPS) is 27.5. The van der Waals surface area contributed by atoms with Gasteiger partial charge in [0, 0.05) is 0 Å². The monoisotopic (exact) mass is 186 g/mol. The summed E-state index contributed by atoms with van der Waals surface area (Å²) in [6.07, 6.45) is 2.03. The minimum absolute atomic E-state index is 0.267. The van der Waals surface area contributed by atoms with Crippen LogP contribution in [0, 0.1) is 11.8 Å². The molecule has 1 saturated carbocycles. The molecule has 4 nitrogen and oxygen atoms in total. The van der Waals surface area contributed by atoms with Crippen molar-refractivity contribution in [3.05, 3.63) is 0 Å². The van der Waals surface area contributed by atoms with Gasteiger partial charge in [-0.1, -0.05) is 0 Å². The highest BCUT2D eigenvalue weighted by molar-refractivity contribution is 5.74. The molecule has 0 spiro atoms. The van der Waals surface area contributed by atoms with E-state index in [0.717, 1.165) is 12.8 Å². The van der Waals surface area contributed by atoms with Crippen molar-refractivity contribution in [2.75, 3.05) is 20.3 Å². The summed E-state index contributed by atoms with van der Waals surface area (Å²) in [5.74, 6) is -0.360. The molecular formula is C9H14O4. The Kier molecular flexibility index (Phi) is 2.04. The summed E-state index contributed by atoms with van der Waals surface area (Å²) in [4.78, 5) is 11.4. The number of rotatable bonds is 3. The second-order valence-corrected chi connectivity index (χ2v) is 3.93. The molecule has 1 N–H and O–H groups in total. The van der Waals surface area contributed by atoms with E-state index in [4.69, 9.17) is 4.74 Å². The maximum absolute atomic E-state index is 11.4. The van der Waals surface area contributed by atoms with Gasteiger partial charge in [-0.3, -0.25) is 4.79 Å². The lowest BCUT2D eigenvalue weighted by molar-refractivity contribution is -0.218. The zero-order chi connectivity index (χ0) is 9.47. The van der Waals surface area contributed by atoms with Gasteiger partial charge in [0.25, 0.3) is 0 Å². The second-order valence-electron chi connectivity index (χ2n) is 3.93. The van der Waals surface area contributed by atoms with Gasteiger partial charge in [0.15, 0.2) is 0 Å². The Hall–Kier alpha value is -0.610. The van der Waals surface area contributed by atoms with Gasteiger partial charge in [0.05, 0.1) is 26.2 Å². The van der Waals surface area contributed by atoms with E-state index in [-0.39, 0.29) is 25.1 Å². The van der Waals surface area contributed by atoms with E-state index in [1.807, 2.05) is 0 Å². The molecule has 1 atom stereocenters. The number of carbonyl (C=O) groups is 1. The number of esters is 1. The molecule has 0 amide bonds. The Labute approximate surface area is 76.8 Å². The molecule has 74 valence electrons. The first-order valence-electron chi connectivity index (χ1n) is 4.55. The predicted molar refractivity (Wildman–Crippen MR) is 44.0 cm³/mol. The summed E-state index contributed by atoms with van der Waals surface area (Å²) in [6.45, 7) is 0.534. The zero-order valence-electron chi connectivity index (χ0n) is 7.66. The second kappa shape index (κ2) is 2.96. The Morgan fingerprint density at radius 3 is 2.54 bits per heavy atom. The predicted octanol–water partition coefficient (Wildman–Crippen LogP) is -0.0531. The van der Waals surface area contributed by atoms with Crippen molar-refractivity contribution in [1.29, 1.82) is 0 Å². The number of hydrogen-bond acceptors (Lipinski definition) is 4. The van der Waals surface area contributed by atoms with Crippen LogP contribution in [0.4, 0.5) is 0 Å². The Balaban J connectivity index is 2.08. The molecule has 2 fully saturated rings. The lowest BCUT2D eigenvalue weighted by atomic mass is 9.82. The van der Waals surface area contributed by atoms with Gasteiger partial charge in [-0.15, -0.1) is 0 Å². The van der Waals surface area contributed by atoms with Crippen LogP contribution in [0.25, 0.3) is 0 Å². The number of ether oxygens (including phenoxy) is 2. The van der Waals surface area contributed by atoms with Gasteiger partial charge in [-0.05, 0) is 18.8 Å². The first-order valence-corrected chi connectivity index (χ1v) is 4.55. The molecule has 0 radical (unpaired) electrons. The van der Waals surface area contributed by atoms with Crippen LogP contribution in [0.3, 0.4) is 0 Å². The molecule has 2 rings (SSSR count). The summed E-state index contributed by atoms with van der Waals surface area (Å²) in [5, 5.41) is 9.96. The highest BCUT2D eigenvalue weighted by Gasteiger charge is 2.54. The van der Waals surface area contributed by atoms with Crippen LogP contribution < -0.4 is 0 Å². The van der Waals surface area contributed by atoms with Crippen LogP contribution in [-0.4, -0.2) is 37.0 Å². The third kappa shape index (κ3) is 1.44. The van der Waals surface area contributed by atoms with Crippen molar-refractivity contribution < 1.29 is 19.4 Å². The molecule has 0 aromatic heterocycles. The van der Waals surface area contributed by atoms with E-state index < -0.39 is 5.60 Å². The number of carbonyl (C=O) groups excluding carboxylic acids is 1. The topological polar surface area (TPSA) is 55.8 Å². The number of hydrogen-bond donors (Lipinski definition) is 1. The summed E-state index contributed by atoms with van der Waals surface area (Å²) >= 11 is 0. The summed E-state index contributed by atoms with van der Waals surface area (Å²) in [6, 6.07) is 0. The van der Waals surface area contributed by atoms with E-state index in [2.05, 4.69) is 4.74 Å². The van der Waals surface area contributed by atoms with E-state index in [1.54, 1.807) is 0 Å². The lowest BCUT2D eigenvalue weighted by Crippen LogP contribution is -2.58. The quantitative estimate of drug-likeness (QED) is 0.628. The number of aliphatic hydroxyl groups is 1. The SMILES string of the molecule is COC(=O)C(C1CC1)C1(O)COC1. The molecule has 1 aliphatic carbocycles. The van der Waals surface area contributed by atoms with Gasteiger partial charge < -0.3 is 14.6 Å². The molecule has 2 aliphatic rings. The Morgan fingerprint density at radius 1 is 1.62 bits per heavy atom. The fraction of sp³-hybridized carbons (Fsp3) is 0.889. The number of methoxy groups -OCH3 is 1. The van der Waals surface area contributed by atoms with Crippen LogP contribution in [0.5, 0.6) is 0 Å².